The van der Waals surface area contributed by atoms with E-state index in [1.165, 1.54) is 0 Å². The molecule has 0 saturated carbocycles. The summed E-state index contributed by atoms with van der Waals surface area (Å²) in [6, 6.07) is 5.76. The highest BCUT2D eigenvalue weighted by Gasteiger charge is 2.04. The van der Waals surface area contributed by atoms with Crippen LogP contribution in [0.5, 0.6) is 5.75 Å². The number of aryl methyl sites for hydroxylation is 1. The van der Waals surface area contributed by atoms with Crippen molar-refractivity contribution in [2.75, 3.05) is 6.61 Å². The standard InChI is InChI=1S/C12H16O2/c1-3-4-8-14-12-10(2)6-5-7-11(12)9-13/h3,5-7,13H,1,4,8-9H2,2H3. The summed E-state index contributed by atoms with van der Waals surface area (Å²) in [6.45, 7) is 6.23. The minimum absolute atomic E-state index is 0.0190. The monoisotopic (exact) mass is 192 g/mol. The number of ether oxygens (including phenoxy) is 1. The molecule has 0 heterocycles. The number of aliphatic hydroxyl groups is 1. The third-order valence-electron chi connectivity index (χ3n) is 2.03. The maximum absolute atomic E-state index is 9.10. The lowest BCUT2D eigenvalue weighted by atomic mass is 10.1. The fraction of sp³-hybridized carbons (Fsp3) is 0.333. The summed E-state index contributed by atoms with van der Waals surface area (Å²) >= 11 is 0. The predicted octanol–water partition coefficient (Wildman–Crippen LogP) is 2.44. The van der Waals surface area contributed by atoms with Crippen LogP contribution in [-0.2, 0) is 6.61 Å². The van der Waals surface area contributed by atoms with Crippen molar-refractivity contribution in [2.24, 2.45) is 0 Å². The van der Waals surface area contributed by atoms with Crippen LogP contribution in [0.1, 0.15) is 17.5 Å². The Labute approximate surface area is 84.8 Å². The van der Waals surface area contributed by atoms with Gasteiger partial charge in [0.05, 0.1) is 13.2 Å². The van der Waals surface area contributed by atoms with Gasteiger partial charge in [0, 0.05) is 5.56 Å². The lowest BCUT2D eigenvalue weighted by Gasteiger charge is -2.11. The van der Waals surface area contributed by atoms with Crippen LogP contribution < -0.4 is 4.74 Å². The molecule has 0 amide bonds. The first kappa shape index (κ1) is 10.8. The predicted molar refractivity (Wildman–Crippen MR) is 57.4 cm³/mol. The normalized spacial score (nSPS) is 9.86. The first-order valence-electron chi connectivity index (χ1n) is 4.72. The van der Waals surface area contributed by atoms with E-state index in [0.29, 0.717) is 6.61 Å². The largest absolute Gasteiger partial charge is 0.493 e. The molecule has 0 spiro atoms. The van der Waals surface area contributed by atoms with Crippen LogP contribution in [0, 0.1) is 6.92 Å². The highest BCUT2D eigenvalue weighted by molar-refractivity contribution is 5.40. The van der Waals surface area contributed by atoms with Gasteiger partial charge in [-0.25, -0.2) is 0 Å². The van der Waals surface area contributed by atoms with Crippen molar-refractivity contribution in [1.82, 2.24) is 0 Å². The van der Waals surface area contributed by atoms with E-state index in [4.69, 9.17) is 9.84 Å². The third kappa shape index (κ3) is 2.60. The third-order valence-corrected chi connectivity index (χ3v) is 2.03. The first-order valence-corrected chi connectivity index (χ1v) is 4.72. The molecule has 76 valence electrons. The van der Waals surface area contributed by atoms with Gasteiger partial charge >= 0.3 is 0 Å². The fourth-order valence-corrected chi connectivity index (χ4v) is 1.29. The van der Waals surface area contributed by atoms with Crippen molar-refractivity contribution < 1.29 is 9.84 Å². The van der Waals surface area contributed by atoms with E-state index in [2.05, 4.69) is 6.58 Å². The first-order chi connectivity index (χ1) is 6.79. The number of hydrogen-bond donors (Lipinski definition) is 1. The van der Waals surface area contributed by atoms with Crippen molar-refractivity contribution in [3.8, 4) is 5.75 Å². The Morgan fingerprint density at radius 1 is 1.50 bits per heavy atom. The number of hydrogen-bond acceptors (Lipinski definition) is 2. The van der Waals surface area contributed by atoms with Crippen LogP contribution in [0.3, 0.4) is 0 Å². The lowest BCUT2D eigenvalue weighted by molar-refractivity contribution is 0.263. The second-order valence-electron chi connectivity index (χ2n) is 3.15. The minimum Gasteiger partial charge on any atom is -0.493 e. The van der Waals surface area contributed by atoms with Gasteiger partial charge in [-0.3, -0.25) is 0 Å². The van der Waals surface area contributed by atoms with Gasteiger partial charge in [0.15, 0.2) is 0 Å². The summed E-state index contributed by atoms with van der Waals surface area (Å²) in [6.07, 6.45) is 2.64. The van der Waals surface area contributed by atoms with E-state index >= 15 is 0 Å². The van der Waals surface area contributed by atoms with Gasteiger partial charge in [-0.2, -0.15) is 0 Å². The molecule has 0 aliphatic rings. The zero-order valence-corrected chi connectivity index (χ0v) is 8.49. The van der Waals surface area contributed by atoms with Crippen molar-refractivity contribution >= 4 is 0 Å². The van der Waals surface area contributed by atoms with Gasteiger partial charge in [0.2, 0.25) is 0 Å². The quantitative estimate of drug-likeness (QED) is 0.573. The average molecular weight is 192 g/mol. The molecule has 14 heavy (non-hydrogen) atoms. The second-order valence-corrected chi connectivity index (χ2v) is 3.15. The highest BCUT2D eigenvalue weighted by atomic mass is 16.5. The maximum atomic E-state index is 9.10. The van der Waals surface area contributed by atoms with Crippen molar-refractivity contribution in [3.05, 3.63) is 42.0 Å². The summed E-state index contributed by atoms with van der Waals surface area (Å²) in [5.74, 6) is 0.803. The Bertz CT molecular complexity index is 305. The topological polar surface area (TPSA) is 29.5 Å². The molecule has 1 aromatic carbocycles. The van der Waals surface area contributed by atoms with Gasteiger partial charge < -0.3 is 9.84 Å². The summed E-state index contributed by atoms with van der Waals surface area (Å²) in [5.41, 5.74) is 1.90. The van der Waals surface area contributed by atoms with Gasteiger partial charge in [0.1, 0.15) is 5.75 Å². The average Bonchev–Trinajstić information content (AvgIpc) is 2.20. The Hall–Kier alpha value is -1.28. The lowest BCUT2D eigenvalue weighted by Crippen LogP contribution is -2.01. The number of aliphatic hydroxyl groups excluding tert-OH is 1. The summed E-state index contributed by atoms with van der Waals surface area (Å²) < 4.78 is 5.57. The van der Waals surface area contributed by atoms with E-state index in [-0.39, 0.29) is 6.61 Å². The second kappa shape index (κ2) is 5.45. The van der Waals surface area contributed by atoms with E-state index in [1.807, 2.05) is 31.2 Å². The van der Waals surface area contributed by atoms with Crippen LogP contribution in [-0.4, -0.2) is 11.7 Å². The number of para-hydroxylation sites is 1. The molecule has 0 aliphatic carbocycles. The Morgan fingerprint density at radius 2 is 2.29 bits per heavy atom. The molecule has 0 aromatic heterocycles. The summed E-state index contributed by atoms with van der Waals surface area (Å²) in [4.78, 5) is 0. The van der Waals surface area contributed by atoms with E-state index < -0.39 is 0 Å². The van der Waals surface area contributed by atoms with Crippen LogP contribution in [0.2, 0.25) is 0 Å². The zero-order valence-electron chi connectivity index (χ0n) is 8.49. The van der Waals surface area contributed by atoms with E-state index in [1.54, 1.807) is 0 Å². The molecule has 0 unspecified atom stereocenters. The Kier molecular flexibility index (Phi) is 4.20. The molecule has 1 rings (SSSR count). The van der Waals surface area contributed by atoms with Crippen molar-refractivity contribution in [1.29, 1.82) is 0 Å². The summed E-state index contributed by atoms with van der Waals surface area (Å²) in [7, 11) is 0. The van der Waals surface area contributed by atoms with Crippen molar-refractivity contribution in [2.45, 2.75) is 20.0 Å². The van der Waals surface area contributed by atoms with Crippen molar-refractivity contribution in [3.63, 3.8) is 0 Å². The van der Waals surface area contributed by atoms with Crippen LogP contribution in [0.15, 0.2) is 30.9 Å². The molecule has 1 N–H and O–H groups in total. The molecule has 0 aliphatic heterocycles. The molecule has 1 aromatic rings. The molecule has 0 saturated heterocycles. The van der Waals surface area contributed by atoms with Gasteiger partial charge in [-0.15, -0.1) is 6.58 Å². The number of rotatable bonds is 5. The molecular formula is C12H16O2. The molecule has 2 nitrogen and oxygen atoms in total. The SMILES string of the molecule is C=CCCOc1c(C)cccc1CO. The van der Waals surface area contributed by atoms with E-state index in [9.17, 15) is 0 Å². The zero-order chi connectivity index (χ0) is 10.4. The molecule has 0 atom stereocenters. The van der Waals surface area contributed by atoms with Gasteiger partial charge in [0.25, 0.3) is 0 Å². The maximum Gasteiger partial charge on any atom is 0.127 e. The smallest absolute Gasteiger partial charge is 0.127 e. The number of benzene rings is 1. The molecular weight excluding hydrogens is 176 g/mol. The highest BCUT2D eigenvalue weighted by Crippen LogP contribution is 2.23. The molecule has 0 fully saturated rings. The Morgan fingerprint density at radius 3 is 2.93 bits per heavy atom. The van der Waals surface area contributed by atoms with Gasteiger partial charge in [-0.1, -0.05) is 24.3 Å². The molecule has 0 radical (unpaired) electrons. The molecule has 0 bridgehead atoms. The van der Waals surface area contributed by atoms with E-state index in [0.717, 1.165) is 23.3 Å². The van der Waals surface area contributed by atoms with Crippen LogP contribution >= 0.6 is 0 Å². The summed E-state index contributed by atoms with van der Waals surface area (Å²) in [5, 5.41) is 9.10. The van der Waals surface area contributed by atoms with Crippen LogP contribution in [0.25, 0.3) is 0 Å². The Balaban J connectivity index is 2.76. The van der Waals surface area contributed by atoms with Gasteiger partial charge in [-0.05, 0) is 18.9 Å². The van der Waals surface area contributed by atoms with Crippen LogP contribution in [0.4, 0.5) is 0 Å². The minimum atomic E-state index is 0.0190. The fourth-order valence-electron chi connectivity index (χ4n) is 1.29. The molecule has 2 heteroatoms.